The lowest BCUT2D eigenvalue weighted by molar-refractivity contribution is -0.136. The lowest BCUT2D eigenvalue weighted by Crippen LogP contribution is -2.48. The Morgan fingerprint density at radius 1 is 1.35 bits per heavy atom. The molecule has 3 rings (SSSR count). The fraction of sp³-hybridized carbons (Fsp3) is 0.519. The standard InChI is InChI=1S/C27H37FN2O3S/c1-4-6-7-22(31)17-29(16-20(3)5-2)18-27(32)30-14-12-26-24(13-15-34-26)25(30)19-33-23-10-8-21(28)9-11-23/h4,8-11,13,15,20,22,25,31H,1,5-7,12,14,16-19H2,2-3H3/t20-,22-,25-/m0/s1. The number of thiophene rings is 1. The van der Waals surface area contributed by atoms with E-state index in [1.807, 2.05) is 11.0 Å². The first kappa shape index (κ1) is 26.4. The number of aliphatic hydroxyl groups excluding tert-OH is 1. The second-order valence-electron chi connectivity index (χ2n) is 9.14. The van der Waals surface area contributed by atoms with E-state index in [0.29, 0.717) is 37.8 Å². The minimum absolute atomic E-state index is 0.0452. The summed E-state index contributed by atoms with van der Waals surface area (Å²) >= 11 is 1.71. The van der Waals surface area contributed by atoms with Crippen LogP contribution in [0.3, 0.4) is 0 Å². The molecule has 1 amide bonds. The quantitative estimate of drug-likeness (QED) is 0.400. The van der Waals surface area contributed by atoms with Gasteiger partial charge in [0, 0.05) is 24.5 Å². The Morgan fingerprint density at radius 2 is 2.12 bits per heavy atom. The number of aliphatic hydroxyl groups is 1. The van der Waals surface area contributed by atoms with Crippen molar-refractivity contribution >= 4 is 17.2 Å². The van der Waals surface area contributed by atoms with Crippen molar-refractivity contribution in [2.45, 2.75) is 51.7 Å². The normalized spacial score (nSPS) is 17.3. The highest BCUT2D eigenvalue weighted by Crippen LogP contribution is 2.34. The average molecular weight is 489 g/mol. The second kappa shape index (κ2) is 13.0. The summed E-state index contributed by atoms with van der Waals surface area (Å²) in [5, 5.41) is 12.5. The number of nitrogens with zero attached hydrogens (tertiary/aromatic N) is 2. The highest BCUT2D eigenvalue weighted by molar-refractivity contribution is 7.10. The number of rotatable bonds is 13. The van der Waals surface area contributed by atoms with Crippen LogP contribution in [0.4, 0.5) is 4.39 Å². The van der Waals surface area contributed by atoms with Gasteiger partial charge in [0.15, 0.2) is 0 Å². The number of hydrogen-bond donors (Lipinski definition) is 1. The molecule has 1 aliphatic rings. The van der Waals surface area contributed by atoms with Crippen LogP contribution in [0.1, 0.15) is 49.6 Å². The van der Waals surface area contributed by atoms with Crippen molar-refractivity contribution in [3.63, 3.8) is 0 Å². The first-order valence-electron chi connectivity index (χ1n) is 12.2. The maximum atomic E-state index is 13.6. The number of benzene rings is 1. The molecule has 1 N–H and O–H groups in total. The highest BCUT2D eigenvalue weighted by atomic mass is 32.1. The van der Waals surface area contributed by atoms with Gasteiger partial charge >= 0.3 is 0 Å². The van der Waals surface area contributed by atoms with Crippen molar-refractivity contribution in [2.75, 3.05) is 32.8 Å². The fourth-order valence-corrected chi connectivity index (χ4v) is 5.26. The number of hydrogen-bond acceptors (Lipinski definition) is 5. The van der Waals surface area contributed by atoms with Crippen molar-refractivity contribution < 1.29 is 19.0 Å². The van der Waals surface area contributed by atoms with Crippen LogP contribution in [0, 0.1) is 11.7 Å². The minimum Gasteiger partial charge on any atom is -0.491 e. The van der Waals surface area contributed by atoms with Crippen molar-refractivity contribution in [1.29, 1.82) is 0 Å². The Balaban J connectivity index is 1.71. The Morgan fingerprint density at radius 3 is 2.82 bits per heavy atom. The second-order valence-corrected chi connectivity index (χ2v) is 10.1. The summed E-state index contributed by atoms with van der Waals surface area (Å²) in [6, 6.07) is 7.85. The lowest BCUT2D eigenvalue weighted by atomic mass is 10.00. The van der Waals surface area contributed by atoms with E-state index in [2.05, 4.69) is 36.8 Å². The van der Waals surface area contributed by atoms with Gasteiger partial charge < -0.3 is 14.7 Å². The van der Waals surface area contributed by atoms with Crippen LogP contribution in [0.15, 0.2) is 48.4 Å². The van der Waals surface area contributed by atoms with Crippen molar-refractivity contribution in [3.05, 3.63) is 64.6 Å². The molecule has 34 heavy (non-hydrogen) atoms. The summed E-state index contributed by atoms with van der Waals surface area (Å²) in [4.78, 5) is 18.8. The van der Waals surface area contributed by atoms with E-state index in [1.54, 1.807) is 23.5 Å². The van der Waals surface area contributed by atoms with E-state index in [4.69, 9.17) is 4.74 Å². The largest absolute Gasteiger partial charge is 0.491 e. The first-order valence-corrected chi connectivity index (χ1v) is 13.0. The smallest absolute Gasteiger partial charge is 0.237 e. The third-order valence-corrected chi connectivity index (χ3v) is 7.43. The number of carbonyl (C=O) groups is 1. The number of amides is 1. The van der Waals surface area contributed by atoms with Crippen LogP contribution >= 0.6 is 11.3 Å². The van der Waals surface area contributed by atoms with Gasteiger partial charge in [0.1, 0.15) is 18.2 Å². The predicted octanol–water partition coefficient (Wildman–Crippen LogP) is 5.07. The van der Waals surface area contributed by atoms with Gasteiger partial charge in [-0.05, 0) is 66.5 Å². The van der Waals surface area contributed by atoms with E-state index in [1.165, 1.54) is 17.0 Å². The zero-order valence-electron chi connectivity index (χ0n) is 20.3. The summed E-state index contributed by atoms with van der Waals surface area (Å²) in [7, 11) is 0. The Kier molecular flexibility index (Phi) is 10.1. The van der Waals surface area contributed by atoms with E-state index in [-0.39, 0.29) is 24.3 Å². The molecule has 0 spiro atoms. The summed E-state index contributed by atoms with van der Waals surface area (Å²) < 4.78 is 19.3. The molecule has 0 saturated heterocycles. The van der Waals surface area contributed by atoms with Crippen LogP contribution in [-0.4, -0.2) is 59.7 Å². The molecule has 2 heterocycles. The number of allylic oxidation sites excluding steroid dienone is 1. The molecule has 5 nitrogen and oxygen atoms in total. The molecule has 0 bridgehead atoms. The zero-order chi connectivity index (χ0) is 24.5. The molecule has 2 aromatic rings. The minimum atomic E-state index is -0.489. The molecule has 0 radical (unpaired) electrons. The van der Waals surface area contributed by atoms with Crippen LogP contribution in [-0.2, 0) is 11.2 Å². The van der Waals surface area contributed by atoms with E-state index >= 15 is 0 Å². The number of ether oxygens (including phenoxy) is 1. The van der Waals surface area contributed by atoms with E-state index < -0.39 is 6.10 Å². The van der Waals surface area contributed by atoms with Gasteiger partial charge in [-0.25, -0.2) is 4.39 Å². The van der Waals surface area contributed by atoms with Gasteiger partial charge in [-0.2, -0.15) is 0 Å². The molecule has 7 heteroatoms. The third kappa shape index (κ3) is 7.39. The number of fused-ring (bicyclic) bond motifs is 1. The molecule has 186 valence electrons. The fourth-order valence-electron chi connectivity index (χ4n) is 4.34. The first-order chi connectivity index (χ1) is 16.4. The van der Waals surface area contributed by atoms with Gasteiger partial charge in [0.05, 0.1) is 18.7 Å². The van der Waals surface area contributed by atoms with Crippen molar-refractivity contribution in [2.24, 2.45) is 5.92 Å². The predicted molar refractivity (Wildman–Crippen MR) is 136 cm³/mol. The molecular formula is C27H37FN2O3S. The average Bonchev–Trinajstić information content (AvgIpc) is 3.31. The molecule has 1 aromatic heterocycles. The van der Waals surface area contributed by atoms with Crippen molar-refractivity contribution in [1.82, 2.24) is 9.80 Å². The summed E-state index contributed by atoms with van der Waals surface area (Å²) in [6.07, 6.45) is 4.57. The molecule has 0 saturated carbocycles. The monoisotopic (exact) mass is 488 g/mol. The van der Waals surface area contributed by atoms with Gasteiger partial charge in [-0.3, -0.25) is 9.69 Å². The third-order valence-electron chi connectivity index (χ3n) is 6.44. The molecule has 1 aliphatic heterocycles. The number of carbonyl (C=O) groups excluding carboxylic acids is 1. The molecular weight excluding hydrogens is 451 g/mol. The SMILES string of the molecule is C=CCC[C@H](O)CN(CC(=O)N1CCc2sccc2[C@@H]1COc1ccc(F)cc1)C[C@@H](C)CC. The zero-order valence-corrected chi connectivity index (χ0v) is 21.1. The van der Waals surface area contributed by atoms with Crippen LogP contribution < -0.4 is 4.74 Å². The maximum Gasteiger partial charge on any atom is 0.237 e. The van der Waals surface area contributed by atoms with Crippen LogP contribution in [0.2, 0.25) is 0 Å². The Labute approximate surface area is 206 Å². The Bertz CT molecular complexity index is 917. The topological polar surface area (TPSA) is 53.0 Å². The van der Waals surface area contributed by atoms with Gasteiger partial charge in [-0.15, -0.1) is 17.9 Å². The molecule has 1 aromatic carbocycles. The van der Waals surface area contributed by atoms with Gasteiger partial charge in [0.25, 0.3) is 0 Å². The lowest BCUT2D eigenvalue weighted by Gasteiger charge is -2.37. The van der Waals surface area contributed by atoms with Gasteiger partial charge in [0.2, 0.25) is 5.91 Å². The van der Waals surface area contributed by atoms with Crippen LogP contribution in [0.25, 0.3) is 0 Å². The highest BCUT2D eigenvalue weighted by Gasteiger charge is 2.33. The van der Waals surface area contributed by atoms with Gasteiger partial charge in [-0.1, -0.05) is 26.3 Å². The summed E-state index contributed by atoms with van der Waals surface area (Å²) in [5.74, 6) is 0.754. The van der Waals surface area contributed by atoms with Crippen LogP contribution in [0.5, 0.6) is 5.75 Å². The molecule has 0 unspecified atom stereocenters. The molecule has 0 fully saturated rings. The van der Waals surface area contributed by atoms with E-state index in [0.717, 1.165) is 31.4 Å². The molecule has 0 aliphatic carbocycles. The maximum absolute atomic E-state index is 13.6. The summed E-state index contributed by atoms with van der Waals surface area (Å²) in [6.45, 7) is 10.5. The number of halogens is 1. The summed E-state index contributed by atoms with van der Waals surface area (Å²) in [5.41, 5.74) is 1.13. The van der Waals surface area contributed by atoms with Crippen molar-refractivity contribution in [3.8, 4) is 5.75 Å². The molecule has 3 atom stereocenters. The van der Waals surface area contributed by atoms with E-state index in [9.17, 15) is 14.3 Å². The Hall–Kier alpha value is -2.22.